The number of nitrogens with zero attached hydrogens (tertiary/aromatic N) is 5. The molecule has 4 aromatic rings. The molecule has 5 atom stereocenters. The van der Waals surface area contributed by atoms with Crippen LogP contribution in [0, 0.1) is 11.8 Å². The van der Waals surface area contributed by atoms with Crippen molar-refractivity contribution in [1.82, 2.24) is 20.5 Å². The minimum Gasteiger partial charge on any atom is -0.406 e. The molecule has 0 bridgehead atoms. The van der Waals surface area contributed by atoms with Gasteiger partial charge in [0.2, 0.25) is 11.8 Å². The Morgan fingerprint density at radius 3 is 2.05 bits per heavy atom. The summed E-state index contributed by atoms with van der Waals surface area (Å²) in [6.07, 6.45) is 0.701. The van der Waals surface area contributed by atoms with Gasteiger partial charge < -0.3 is 25.1 Å². The monoisotopic (exact) mass is 853 g/mol. The van der Waals surface area contributed by atoms with Gasteiger partial charge in [0.15, 0.2) is 0 Å². The van der Waals surface area contributed by atoms with Crippen molar-refractivity contribution in [3.8, 4) is 0 Å². The van der Waals surface area contributed by atoms with Crippen LogP contribution in [0.25, 0.3) is 10.4 Å². The van der Waals surface area contributed by atoms with Crippen LogP contribution in [-0.2, 0) is 20.4 Å². The van der Waals surface area contributed by atoms with Crippen LogP contribution in [0.1, 0.15) is 102 Å². The van der Waals surface area contributed by atoms with Gasteiger partial charge in [0.25, 0.3) is 14.2 Å². The largest absolute Gasteiger partial charge is 0.406 e. The van der Waals surface area contributed by atoms with Crippen molar-refractivity contribution in [3.63, 3.8) is 0 Å². The second kappa shape index (κ2) is 22.7. The van der Waals surface area contributed by atoms with Crippen LogP contribution in [0.15, 0.2) is 101 Å². The number of aliphatic hydroxyl groups excluding tert-OH is 1. The number of hydrogen-bond acceptors (Lipinski definition) is 8. The molecule has 0 unspecified atom stereocenters. The van der Waals surface area contributed by atoms with Gasteiger partial charge in [-0.05, 0) is 44.8 Å². The fourth-order valence-corrected chi connectivity index (χ4v) is 13.1. The highest BCUT2D eigenvalue weighted by Crippen LogP contribution is 2.36. The summed E-state index contributed by atoms with van der Waals surface area (Å²) in [6, 6.07) is 28.0. The fraction of sp³-hybridized carbons (Fsp3) is 0.478. The third-order valence-corrected chi connectivity index (χ3v) is 17.1. The Morgan fingerprint density at radius 2 is 1.53 bits per heavy atom. The first-order valence-electron chi connectivity index (χ1n) is 21.0. The lowest BCUT2D eigenvalue weighted by atomic mass is 9.93. The number of amides is 3. The Morgan fingerprint density at radius 1 is 0.950 bits per heavy atom. The van der Waals surface area contributed by atoms with E-state index >= 15 is 0 Å². The number of carbonyl (C=O) groups excluding carboxylic acids is 3. The molecule has 0 aliphatic rings. The number of thiazole rings is 1. The van der Waals surface area contributed by atoms with E-state index < -0.39 is 32.4 Å². The van der Waals surface area contributed by atoms with E-state index in [1.54, 1.807) is 10.3 Å². The van der Waals surface area contributed by atoms with Crippen molar-refractivity contribution in [2.45, 2.75) is 110 Å². The van der Waals surface area contributed by atoms with Crippen LogP contribution in [0.3, 0.4) is 0 Å². The summed E-state index contributed by atoms with van der Waals surface area (Å²) in [7, 11) is -2.82. The number of aliphatic hydroxyl groups is 1. The first-order chi connectivity index (χ1) is 28.7. The molecule has 14 heteroatoms. The number of aromatic nitrogens is 1. The quantitative estimate of drug-likeness (QED) is 0.0242. The van der Waals surface area contributed by atoms with E-state index in [0.29, 0.717) is 24.4 Å². The lowest BCUT2D eigenvalue weighted by Gasteiger charge is -2.43. The van der Waals surface area contributed by atoms with Crippen LogP contribution < -0.4 is 21.0 Å². The van der Waals surface area contributed by atoms with Crippen LogP contribution in [0.4, 0.5) is 0 Å². The first kappa shape index (κ1) is 47.8. The van der Waals surface area contributed by atoms with Gasteiger partial charge in [0.1, 0.15) is 28.9 Å². The Balaban J connectivity index is 1.50. The number of azide groups is 1. The lowest BCUT2D eigenvalue weighted by molar-refractivity contribution is -0.138. The molecule has 0 aliphatic heterocycles. The van der Waals surface area contributed by atoms with E-state index in [1.165, 1.54) is 0 Å². The van der Waals surface area contributed by atoms with Crippen molar-refractivity contribution in [2.24, 2.45) is 17.0 Å². The van der Waals surface area contributed by atoms with E-state index in [1.807, 2.05) is 101 Å². The number of rotatable bonds is 22. The van der Waals surface area contributed by atoms with Crippen molar-refractivity contribution in [1.29, 1.82) is 0 Å². The molecule has 4 rings (SSSR count). The number of hydrogen-bond donors (Lipinski definition) is 3. The van der Waals surface area contributed by atoms with Gasteiger partial charge in [-0.3, -0.25) is 14.4 Å². The zero-order chi connectivity index (χ0) is 43.9. The molecule has 0 spiro atoms. The molecule has 1 aromatic heterocycles. The van der Waals surface area contributed by atoms with Gasteiger partial charge in [0, 0.05) is 42.3 Å². The Kier molecular flexibility index (Phi) is 18.1. The molecule has 0 saturated carbocycles. The van der Waals surface area contributed by atoms with E-state index in [2.05, 4.69) is 70.7 Å². The Bertz CT molecular complexity index is 1970. The van der Waals surface area contributed by atoms with Gasteiger partial charge in [-0.1, -0.05) is 158 Å². The van der Waals surface area contributed by atoms with E-state index in [9.17, 15) is 25.0 Å². The Hall–Kier alpha value is -4.85. The predicted octanol–water partition coefficient (Wildman–Crippen LogP) is 7.59. The first-order valence-corrected chi connectivity index (χ1v) is 23.8. The molecule has 60 heavy (non-hydrogen) atoms. The maximum absolute atomic E-state index is 13.9. The highest BCUT2D eigenvalue weighted by molar-refractivity contribution is 7.09. The van der Waals surface area contributed by atoms with Crippen LogP contribution in [-0.4, -0.2) is 78.9 Å². The molecule has 3 aromatic carbocycles. The second-order valence-electron chi connectivity index (χ2n) is 16.7. The van der Waals surface area contributed by atoms with E-state index in [-0.39, 0.29) is 66.4 Å². The molecule has 0 radical (unpaired) electrons. The summed E-state index contributed by atoms with van der Waals surface area (Å²) in [5, 5.41) is 25.2. The van der Waals surface area contributed by atoms with Crippen LogP contribution in [0.5, 0.6) is 0 Å². The summed E-state index contributed by atoms with van der Waals surface area (Å²) in [4.78, 5) is 50.7. The van der Waals surface area contributed by atoms with Gasteiger partial charge >= 0.3 is 0 Å². The standard InChI is InChI=1S/C46H63N7O5SSi/c1-9-27-53(45(57)41(51-52-47)33(5)10-2)39(32(3)4)30-40(54)44-50-38(31-59-44)43(56)49-37(29-34-20-14-11-15-21-34)42(55)48-26-28-58-60(46(6,7)8,35-22-16-12-17-23-35)36-24-18-13-19-25-36/h11-25,31-33,37,39-41,54H,9-10,26-30H2,1-8H3,(H,48,55)(H,49,56)/t33-,37-,39+,40+,41-/m0/s1. The minimum atomic E-state index is -2.82. The van der Waals surface area contributed by atoms with E-state index in [4.69, 9.17) is 4.43 Å². The summed E-state index contributed by atoms with van der Waals surface area (Å²) in [5.74, 6) is -1.34. The SMILES string of the molecule is CCCN(C(=O)[C@@H](N=[N+]=[N-])[C@@H](C)CC)[C@H](C[C@@H](O)c1nc(C(=O)N[C@@H](Cc2ccccc2)C(=O)NCCO[Si](c2ccccc2)(c2ccccc2)C(C)(C)C)cs1)C(C)C. The molecule has 0 fully saturated rings. The van der Waals surface area contributed by atoms with Gasteiger partial charge in [-0.25, -0.2) is 4.98 Å². The third kappa shape index (κ3) is 12.1. The maximum Gasteiger partial charge on any atom is 0.271 e. The second-order valence-corrected chi connectivity index (χ2v) is 21.9. The molecular weight excluding hydrogens is 791 g/mol. The normalized spacial score (nSPS) is 14.3. The molecule has 0 saturated heterocycles. The third-order valence-electron chi connectivity index (χ3n) is 11.1. The average Bonchev–Trinajstić information content (AvgIpc) is 3.75. The van der Waals surface area contributed by atoms with Gasteiger partial charge in [-0.15, -0.1) is 11.3 Å². The van der Waals surface area contributed by atoms with Crippen LogP contribution >= 0.6 is 11.3 Å². The minimum absolute atomic E-state index is 0.0342. The molecule has 3 N–H and O–H groups in total. The summed E-state index contributed by atoms with van der Waals surface area (Å²) >= 11 is 1.15. The predicted molar refractivity (Wildman–Crippen MR) is 243 cm³/mol. The summed E-state index contributed by atoms with van der Waals surface area (Å²) in [5.41, 5.74) is 10.2. The van der Waals surface area contributed by atoms with Crippen molar-refractivity contribution >= 4 is 47.7 Å². The summed E-state index contributed by atoms with van der Waals surface area (Å²) in [6.45, 7) is 17.3. The van der Waals surface area contributed by atoms with Gasteiger partial charge in [0.05, 0.1) is 6.61 Å². The highest BCUT2D eigenvalue weighted by Gasteiger charge is 2.50. The summed E-state index contributed by atoms with van der Waals surface area (Å²) < 4.78 is 6.98. The van der Waals surface area contributed by atoms with Crippen molar-refractivity contribution in [2.75, 3.05) is 19.7 Å². The zero-order valence-corrected chi connectivity index (χ0v) is 38.2. The molecule has 1 heterocycles. The number of benzene rings is 3. The smallest absolute Gasteiger partial charge is 0.271 e. The van der Waals surface area contributed by atoms with Gasteiger partial charge in [-0.2, -0.15) is 0 Å². The molecule has 12 nitrogen and oxygen atoms in total. The van der Waals surface area contributed by atoms with Crippen LogP contribution in [0.2, 0.25) is 5.04 Å². The molecule has 3 amide bonds. The lowest BCUT2D eigenvalue weighted by Crippen LogP contribution is -2.67. The maximum atomic E-state index is 13.9. The van der Waals surface area contributed by atoms with E-state index in [0.717, 1.165) is 27.3 Å². The topological polar surface area (TPSA) is 170 Å². The highest BCUT2D eigenvalue weighted by atomic mass is 32.1. The fourth-order valence-electron chi connectivity index (χ4n) is 7.72. The molecule has 322 valence electrons. The molecule has 0 aliphatic carbocycles. The molecular formula is C46H63N7O5SSi. The number of carbonyl (C=O) groups is 3. The van der Waals surface area contributed by atoms with Crippen molar-refractivity contribution in [3.05, 3.63) is 123 Å². The number of nitrogens with one attached hydrogen (secondary N) is 2. The zero-order valence-electron chi connectivity index (χ0n) is 36.4. The van der Waals surface area contributed by atoms with Crippen molar-refractivity contribution < 1.29 is 23.9 Å². The average molecular weight is 854 g/mol. The Labute approximate surface area is 360 Å².